The summed E-state index contributed by atoms with van der Waals surface area (Å²) in [5.74, 6) is 0.838. The van der Waals surface area contributed by atoms with Crippen molar-refractivity contribution in [2.24, 2.45) is 0 Å². The highest BCUT2D eigenvalue weighted by Gasteiger charge is 2.05. The van der Waals surface area contributed by atoms with Gasteiger partial charge in [0.25, 0.3) is 0 Å². The Morgan fingerprint density at radius 2 is 2.00 bits per heavy atom. The third-order valence-corrected chi connectivity index (χ3v) is 3.32. The fourth-order valence-electron chi connectivity index (χ4n) is 1.96. The van der Waals surface area contributed by atoms with Gasteiger partial charge in [-0.15, -0.1) is 0 Å². The van der Waals surface area contributed by atoms with Gasteiger partial charge < -0.3 is 15.8 Å². The molecule has 0 unspecified atom stereocenters. The van der Waals surface area contributed by atoms with Crippen LogP contribution in [0.4, 0.5) is 5.69 Å². The van der Waals surface area contributed by atoms with Crippen LogP contribution >= 0.6 is 0 Å². The van der Waals surface area contributed by atoms with Gasteiger partial charge in [-0.05, 0) is 37.0 Å². The van der Waals surface area contributed by atoms with Gasteiger partial charge in [0.2, 0.25) is 5.91 Å². The number of hydrogen-bond donors (Lipinski definition) is 2. The largest absolute Gasteiger partial charge is 0.491 e. The Hall–Kier alpha value is -1.71. The molecule has 0 fully saturated rings. The number of nitrogen functional groups attached to an aromatic ring is 1. The van der Waals surface area contributed by atoms with Crippen LogP contribution in [0.15, 0.2) is 18.2 Å². The van der Waals surface area contributed by atoms with Crippen LogP contribution in [0.1, 0.15) is 51.5 Å². The zero-order chi connectivity index (χ0) is 15.5. The molecule has 118 valence electrons. The van der Waals surface area contributed by atoms with Gasteiger partial charge in [0, 0.05) is 13.0 Å². The second kappa shape index (κ2) is 10.1. The molecule has 0 aromatic heterocycles. The Balaban J connectivity index is 2.39. The molecule has 0 aliphatic rings. The molecule has 0 saturated heterocycles. The summed E-state index contributed by atoms with van der Waals surface area (Å²) in [4.78, 5) is 11.7. The molecule has 21 heavy (non-hydrogen) atoms. The van der Waals surface area contributed by atoms with Gasteiger partial charge >= 0.3 is 0 Å². The van der Waals surface area contributed by atoms with Crippen molar-refractivity contribution >= 4 is 11.6 Å². The Labute approximate surface area is 128 Å². The summed E-state index contributed by atoms with van der Waals surface area (Å²) in [7, 11) is 0. The van der Waals surface area contributed by atoms with Gasteiger partial charge in [-0.1, -0.05) is 32.8 Å². The van der Waals surface area contributed by atoms with Gasteiger partial charge in [0.05, 0.1) is 12.3 Å². The predicted octanol–water partition coefficient (Wildman–Crippen LogP) is 3.30. The molecule has 0 saturated carbocycles. The number of amides is 1. The number of carbonyl (C=O) groups is 1. The van der Waals surface area contributed by atoms with Gasteiger partial charge in [-0.2, -0.15) is 0 Å². The van der Waals surface area contributed by atoms with Gasteiger partial charge in [-0.3, -0.25) is 4.79 Å². The minimum Gasteiger partial charge on any atom is -0.491 e. The normalized spacial score (nSPS) is 10.4. The number of hydrogen-bond acceptors (Lipinski definition) is 3. The summed E-state index contributed by atoms with van der Waals surface area (Å²) >= 11 is 0. The zero-order valence-electron chi connectivity index (χ0n) is 13.3. The van der Waals surface area contributed by atoms with Crippen LogP contribution < -0.4 is 15.8 Å². The van der Waals surface area contributed by atoms with E-state index in [0.717, 1.165) is 43.5 Å². The lowest BCUT2D eigenvalue weighted by atomic mass is 10.1. The number of benzene rings is 1. The van der Waals surface area contributed by atoms with Crippen LogP contribution in [0, 0.1) is 0 Å². The minimum atomic E-state index is 0.102. The van der Waals surface area contributed by atoms with E-state index in [1.807, 2.05) is 18.2 Å². The summed E-state index contributed by atoms with van der Waals surface area (Å²) < 4.78 is 5.62. The van der Waals surface area contributed by atoms with E-state index >= 15 is 0 Å². The number of carbonyl (C=O) groups excluding carboxylic acids is 1. The van der Waals surface area contributed by atoms with Crippen molar-refractivity contribution in [3.63, 3.8) is 0 Å². The molecule has 0 spiro atoms. The first-order valence-electron chi connectivity index (χ1n) is 7.95. The van der Waals surface area contributed by atoms with Crippen molar-refractivity contribution in [2.75, 3.05) is 18.9 Å². The highest BCUT2D eigenvalue weighted by molar-refractivity contribution is 5.76. The molecule has 4 nitrogen and oxygen atoms in total. The van der Waals surface area contributed by atoms with E-state index in [1.165, 1.54) is 0 Å². The lowest BCUT2D eigenvalue weighted by Crippen LogP contribution is -2.24. The number of ether oxygens (including phenoxy) is 1. The van der Waals surface area contributed by atoms with Crippen LogP contribution in [-0.4, -0.2) is 19.1 Å². The molecule has 3 N–H and O–H groups in total. The number of anilines is 1. The first kappa shape index (κ1) is 17.3. The number of unbranched alkanes of at least 4 members (excludes halogenated alkanes) is 2. The van der Waals surface area contributed by atoms with E-state index < -0.39 is 0 Å². The first-order valence-corrected chi connectivity index (χ1v) is 7.95. The third-order valence-electron chi connectivity index (χ3n) is 3.32. The highest BCUT2D eigenvalue weighted by Crippen LogP contribution is 2.23. The SMILES string of the molecule is CCCCNC(=O)CCc1ccc(OCCCC)c(N)c1. The first-order chi connectivity index (χ1) is 10.2. The molecular weight excluding hydrogens is 264 g/mol. The summed E-state index contributed by atoms with van der Waals surface area (Å²) in [6, 6.07) is 5.78. The Bertz CT molecular complexity index is 433. The molecule has 0 atom stereocenters. The molecule has 4 heteroatoms. The molecular formula is C17H28N2O2. The van der Waals surface area contributed by atoms with Crippen molar-refractivity contribution in [1.82, 2.24) is 5.32 Å². The second-order valence-electron chi connectivity index (χ2n) is 5.28. The molecule has 0 aliphatic heterocycles. The Morgan fingerprint density at radius 1 is 1.24 bits per heavy atom. The van der Waals surface area contributed by atoms with E-state index in [4.69, 9.17) is 10.5 Å². The highest BCUT2D eigenvalue weighted by atomic mass is 16.5. The van der Waals surface area contributed by atoms with Crippen LogP contribution in [0.3, 0.4) is 0 Å². The Kier molecular flexibility index (Phi) is 8.32. The standard InChI is InChI=1S/C17H28N2O2/c1-3-5-11-19-17(20)10-8-14-7-9-16(15(18)13-14)21-12-6-4-2/h7,9,13H,3-6,8,10-12,18H2,1-2H3,(H,19,20). The number of nitrogens with two attached hydrogens (primary N) is 1. The summed E-state index contributed by atoms with van der Waals surface area (Å²) in [5.41, 5.74) is 7.70. The lowest BCUT2D eigenvalue weighted by Gasteiger charge is -2.10. The van der Waals surface area contributed by atoms with Gasteiger partial charge in [-0.25, -0.2) is 0 Å². The van der Waals surface area contributed by atoms with Crippen molar-refractivity contribution < 1.29 is 9.53 Å². The number of aryl methyl sites for hydroxylation is 1. The average Bonchev–Trinajstić information content (AvgIpc) is 2.47. The lowest BCUT2D eigenvalue weighted by molar-refractivity contribution is -0.121. The smallest absolute Gasteiger partial charge is 0.220 e. The van der Waals surface area contributed by atoms with E-state index in [9.17, 15) is 4.79 Å². The molecule has 1 amide bonds. The zero-order valence-corrected chi connectivity index (χ0v) is 13.3. The number of rotatable bonds is 10. The van der Waals surface area contributed by atoms with E-state index in [1.54, 1.807) is 0 Å². The molecule has 0 heterocycles. The van der Waals surface area contributed by atoms with Crippen molar-refractivity contribution in [3.8, 4) is 5.75 Å². The molecule has 1 rings (SSSR count). The fourth-order valence-corrected chi connectivity index (χ4v) is 1.96. The van der Waals surface area contributed by atoms with Crippen LogP contribution in [-0.2, 0) is 11.2 Å². The molecule has 1 aromatic carbocycles. The second-order valence-corrected chi connectivity index (χ2v) is 5.28. The quantitative estimate of drug-likeness (QED) is 0.514. The van der Waals surface area contributed by atoms with E-state index in [0.29, 0.717) is 25.1 Å². The predicted molar refractivity (Wildman–Crippen MR) is 87.5 cm³/mol. The monoisotopic (exact) mass is 292 g/mol. The molecule has 0 radical (unpaired) electrons. The van der Waals surface area contributed by atoms with Crippen molar-refractivity contribution in [2.45, 2.75) is 52.4 Å². The van der Waals surface area contributed by atoms with Gasteiger partial charge in [0.1, 0.15) is 5.75 Å². The summed E-state index contributed by atoms with van der Waals surface area (Å²) in [6.45, 7) is 5.70. The summed E-state index contributed by atoms with van der Waals surface area (Å²) in [5, 5.41) is 2.92. The van der Waals surface area contributed by atoms with Gasteiger partial charge in [0.15, 0.2) is 0 Å². The Morgan fingerprint density at radius 3 is 2.67 bits per heavy atom. The van der Waals surface area contributed by atoms with Crippen LogP contribution in [0.25, 0.3) is 0 Å². The molecule has 0 aliphatic carbocycles. The van der Waals surface area contributed by atoms with Crippen LogP contribution in [0.5, 0.6) is 5.75 Å². The maximum Gasteiger partial charge on any atom is 0.220 e. The summed E-state index contributed by atoms with van der Waals surface area (Å²) in [6.07, 6.45) is 5.46. The molecule has 1 aromatic rings. The van der Waals surface area contributed by atoms with E-state index in [2.05, 4.69) is 19.2 Å². The van der Waals surface area contributed by atoms with Crippen molar-refractivity contribution in [3.05, 3.63) is 23.8 Å². The average molecular weight is 292 g/mol. The van der Waals surface area contributed by atoms with Crippen LogP contribution in [0.2, 0.25) is 0 Å². The van der Waals surface area contributed by atoms with E-state index in [-0.39, 0.29) is 5.91 Å². The number of nitrogens with one attached hydrogen (secondary N) is 1. The van der Waals surface area contributed by atoms with Crippen molar-refractivity contribution in [1.29, 1.82) is 0 Å². The topological polar surface area (TPSA) is 64.3 Å². The molecule has 0 bridgehead atoms. The minimum absolute atomic E-state index is 0.102. The third kappa shape index (κ3) is 7.02. The maximum absolute atomic E-state index is 11.7. The fraction of sp³-hybridized carbons (Fsp3) is 0.588. The maximum atomic E-state index is 11.7.